The van der Waals surface area contributed by atoms with E-state index in [1.165, 1.54) is 0 Å². The second-order valence-corrected chi connectivity index (χ2v) is 9.41. The van der Waals surface area contributed by atoms with Crippen LogP contribution < -0.4 is 14.8 Å². The first-order chi connectivity index (χ1) is 15.9. The van der Waals surface area contributed by atoms with Gasteiger partial charge in [0.15, 0.2) is 11.5 Å². The molecule has 1 spiro atoms. The molecule has 1 saturated carbocycles. The highest BCUT2D eigenvalue weighted by atomic mass is 16.7. The van der Waals surface area contributed by atoms with Crippen molar-refractivity contribution in [1.29, 1.82) is 0 Å². The van der Waals surface area contributed by atoms with Crippen molar-refractivity contribution in [2.75, 3.05) is 13.4 Å². The maximum Gasteiger partial charge on any atom is 0.256 e. The lowest BCUT2D eigenvalue weighted by molar-refractivity contribution is -0.128. The van der Waals surface area contributed by atoms with Crippen LogP contribution in [0.2, 0.25) is 0 Å². The minimum Gasteiger partial charge on any atom is -0.454 e. The third kappa shape index (κ3) is 4.17. The molecule has 7 nitrogen and oxygen atoms in total. The Balaban J connectivity index is 1.36. The second-order valence-electron chi connectivity index (χ2n) is 9.41. The maximum atomic E-state index is 13.7. The van der Waals surface area contributed by atoms with Gasteiger partial charge in [0.2, 0.25) is 12.7 Å². The molecule has 2 amide bonds. The van der Waals surface area contributed by atoms with Crippen LogP contribution in [0, 0.1) is 12.8 Å². The van der Waals surface area contributed by atoms with Gasteiger partial charge in [-0.05, 0) is 68.4 Å². The lowest BCUT2D eigenvalue weighted by Gasteiger charge is -2.43. The topological polar surface area (TPSA) is 77.1 Å². The Labute approximate surface area is 194 Å². The molecule has 3 aliphatic rings. The Morgan fingerprint density at radius 1 is 1.09 bits per heavy atom. The Kier molecular flexibility index (Phi) is 5.74. The number of rotatable bonds is 4. The molecule has 2 heterocycles. The summed E-state index contributed by atoms with van der Waals surface area (Å²) in [5.74, 6) is 1.63. The van der Waals surface area contributed by atoms with Crippen LogP contribution in [0.4, 0.5) is 0 Å². The Bertz CT molecular complexity index is 1060. The summed E-state index contributed by atoms with van der Waals surface area (Å²) in [6, 6.07) is 12.5. The van der Waals surface area contributed by atoms with Gasteiger partial charge < -0.3 is 19.5 Å². The monoisotopic (exact) mass is 450 g/mol. The fourth-order valence-corrected chi connectivity index (χ4v) is 5.06. The van der Waals surface area contributed by atoms with Crippen molar-refractivity contribution >= 4 is 11.8 Å². The van der Waals surface area contributed by atoms with Crippen molar-refractivity contribution in [3.63, 3.8) is 0 Å². The van der Waals surface area contributed by atoms with Crippen molar-refractivity contribution in [2.45, 2.75) is 57.8 Å². The van der Waals surface area contributed by atoms with E-state index in [1.807, 2.05) is 49.4 Å². The van der Waals surface area contributed by atoms with Crippen LogP contribution in [0.25, 0.3) is 0 Å². The van der Waals surface area contributed by atoms with Crippen LogP contribution in [-0.2, 0) is 16.1 Å². The molecule has 5 rings (SSSR count). The van der Waals surface area contributed by atoms with E-state index < -0.39 is 11.8 Å². The average Bonchev–Trinajstić information content (AvgIpc) is 3.43. The molecule has 2 aromatic carbocycles. The zero-order valence-corrected chi connectivity index (χ0v) is 19.1. The lowest BCUT2D eigenvalue weighted by atomic mass is 9.83. The first-order valence-electron chi connectivity index (χ1n) is 11.7. The minimum atomic E-state index is -0.714. The fourth-order valence-electron chi connectivity index (χ4n) is 5.06. The molecule has 174 valence electrons. The Morgan fingerprint density at radius 3 is 2.67 bits per heavy atom. The number of amides is 2. The average molecular weight is 451 g/mol. The van der Waals surface area contributed by atoms with Gasteiger partial charge >= 0.3 is 0 Å². The highest BCUT2D eigenvalue weighted by molar-refractivity contribution is 5.98. The van der Waals surface area contributed by atoms with Crippen LogP contribution in [-0.4, -0.2) is 41.9 Å². The first-order valence-corrected chi connectivity index (χ1v) is 11.7. The Morgan fingerprint density at radius 2 is 1.88 bits per heavy atom. The molecule has 33 heavy (non-hydrogen) atoms. The van der Waals surface area contributed by atoms with Crippen molar-refractivity contribution in [3.05, 3.63) is 59.2 Å². The molecule has 0 unspecified atom stereocenters. The standard InChI is InChI=1S/C26H30N2O5/c1-17-8-10-26(11-9-17)28(25(30)20-5-3-4-18(2)12-20)21(15-33-26)24(29)27-14-19-6-7-22-23(13-19)32-16-31-22/h3-7,12-13,17,21H,8-11,14-16H2,1-2H3,(H,27,29)/t17?,21-,26?/m0/s1. The summed E-state index contributed by atoms with van der Waals surface area (Å²) in [4.78, 5) is 28.7. The van der Waals surface area contributed by atoms with E-state index in [4.69, 9.17) is 14.2 Å². The van der Waals surface area contributed by atoms with E-state index in [-0.39, 0.29) is 25.2 Å². The molecule has 7 heteroatoms. The van der Waals surface area contributed by atoms with Gasteiger partial charge in [-0.2, -0.15) is 0 Å². The predicted molar refractivity (Wildman–Crippen MR) is 122 cm³/mol. The third-order valence-electron chi connectivity index (χ3n) is 7.01. The number of fused-ring (bicyclic) bond motifs is 1. The minimum absolute atomic E-state index is 0.144. The normalized spacial score (nSPS) is 25.9. The summed E-state index contributed by atoms with van der Waals surface area (Å²) < 4.78 is 17.1. The summed E-state index contributed by atoms with van der Waals surface area (Å²) in [5, 5.41) is 3.00. The van der Waals surface area contributed by atoms with Gasteiger partial charge in [-0.25, -0.2) is 0 Å². The van der Waals surface area contributed by atoms with Gasteiger partial charge in [-0.3, -0.25) is 14.5 Å². The van der Waals surface area contributed by atoms with Gasteiger partial charge in [0.1, 0.15) is 11.8 Å². The molecule has 2 aromatic rings. The number of hydrogen-bond acceptors (Lipinski definition) is 5. The molecule has 0 bridgehead atoms. The molecular weight excluding hydrogens is 420 g/mol. The molecule has 2 aliphatic heterocycles. The van der Waals surface area contributed by atoms with Crippen LogP contribution in [0.5, 0.6) is 11.5 Å². The van der Waals surface area contributed by atoms with E-state index in [0.29, 0.717) is 29.5 Å². The molecule has 0 radical (unpaired) electrons. The van der Waals surface area contributed by atoms with Crippen LogP contribution in [0.1, 0.15) is 54.1 Å². The van der Waals surface area contributed by atoms with Crippen LogP contribution in [0.3, 0.4) is 0 Å². The molecule has 1 atom stereocenters. The maximum absolute atomic E-state index is 13.7. The van der Waals surface area contributed by atoms with Crippen molar-refractivity contribution in [3.8, 4) is 11.5 Å². The Hall–Kier alpha value is -3.06. The summed E-state index contributed by atoms with van der Waals surface area (Å²) >= 11 is 0. The number of ether oxygens (including phenoxy) is 3. The van der Waals surface area contributed by atoms with Gasteiger partial charge in [0.25, 0.3) is 5.91 Å². The summed E-state index contributed by atoms with van der Waals surface area (Å²) in [5.41, 5.74) is 1.79. The van der Waals surface area contributed by atoms with Crippen LogP contribution >= 0.6 is 0 Å². The van der Waals surface area contributed by atoms with Crippen molar-refractivity contribution < 1.29 is 23.8 Å². The summed E-state index contributed by atoms with van der Waals surface area (Å²) in [6.07, 6.45) is 3.45. The molecule has 2 fully saturated rings. The third-order valence-corrected chi connectivity index (χ3v) is 7.01. The van der Waals surface area contributed by atoms with Crippen molar-refractivity contribution in [2.24, 2.45) is 5.92 Å². The SMILES string of the molecule is Cc1cccc(C(=O)N2[C@H](C(=O)NCc3ccc4c(c3)OCO4)COC23CCC(C)CC3)c1. The number of nitrogens with one attached hydrogen (secondary N) is 1. The van der Waals surface area contributed by atoms with E-state index in [2.05, 4.69) is 12.2 Å². The van der Waals surface area contributed by atoms with Gasteiger partial charge in [0.05, 0.1) is 6.61 Å². The number of benzene rings is 2. The number of nitrogens with zero attached hydrogens (tertiary/aromatic N) is 1. The number of aryl methyl sites for hydroxylation is 1. The fraction of sp³-hybridized carbons (Fsp3) is 0.462. The highest BCUT2D eigenvalue weighted by Gasteiger charge is 2.53. The molecule has 1 N–H and O–H groups in total. The van der Waals surface area contributed by atoms with Crippen LogP contribution in [0.15, 0.2) is 42.5 Å². The lowest BCUT2D eigenvalue weighted by Crippen LogP contribution is -2.56. The molecule has 1 saturated heterocycles. The number of hydrogen-bond donors (Lipinski definition) is 1. The number of carbonyl (C=O) groups excluding carboxylic acids is 2. The van der Waals surface area contributed by atoms with Crippen molar-refractivity contribution in [1.82, 2.24) is 10.2 Å². The van der Waals surface area contributed by atoms with E-state index in [9.17, 15) is 9.59 Å². The molecular formula is C26H30N2O5. The largest absolute Gasteiger partial charge is 0.454 e. The van der Waals surface area contributed by atoms with Gasteiger partial charge in [-0.1, -0.05) is 30.7 Å². The quantitative estimate of drug-likeness (QED) is 0.767. The smallest absolute Gasteiger partial charge is 0.256 e. The van der Waals surface area contributed by atoms with Gasteiger partial charge in [-0.15, -0.1) is 0 Å². The zero-order chi connectivity index (χ0) is 23.0. The predicted octanol–water partition coefficient (Wildman–Crippen LogP) is 3.79. The second kappa shape index (κ2) is 8.71. The summed E-state index contributed by atoms with van der Waals surface area (Å²) in [6.45, 7) is 4.94. The number of carbonyl (C=O) groups is 2. The van der Waals surface area contributed by atoms with Gasteiger partial charge in [0, 0.05) is 12.1 Å². The van der Waals surface area contributed by atoms with E-state index >= 15 is 0 Å². The first kappa shape index (κ1) is 21.8. The zero-order valence-electron chi connectivity index (χ0n) is 19.1. The molecule has 0 aromatic heterocycles. The highest BCUT2D eigenvalue weighted by Crippen LogP contribution is 2.43. The molecule has 1 aliphatic carbocycles. The summed E-state index contributed by atoms with van der Waals surface area (Å²) in [7, 11) is 0. The van der Waals surface area contributed by atoms with E-state index in [0.717, 1.165) is 36.8 Å². The van der Waals surface area contributed by atoms with E-state index in [1.54, 1.807) is 4.90 Å².